The normalized spacial score (nSPS) is 14.0. The zero-order chi connectivity index (χ0) is 14.9. The van der Waals surface area contributed by atoms with Crippen molar-refractivity contribution in [2.75, 3.05) is 5.32 Å². The second-order valence-electron chi connectivity index (χ2n) is 5.42. The predicted octanol–water partition coefficient (Wildman–Crippen LogP) is 2.02. The summed E-state index contributed by atoms with van der Waals surface area (Å²) in [7, 11) is 0. The third-order valence-corrected chi connectivity index (χ3v) is 3.93. The van der Waals surface area contributed by atoms with Crippen molar-refractivity contribution in [1.82, 2.24) is 19.9 Å². The summed E-state index contributed by atoms with van der Waals surface area (Å²) in [5, 5.41) is 13.8. The van der Waals surface area contributed by atoms with Crippen LogP contribution in [-0.4, -0.2) is 26.7 Å². The third-order valence-electron chi connectivity index (χ3n) is 3.93. The minimum Gasteiger partial charge on any atom is -0.334 e. The number of hydrogen-bond donors (Lipinski definition) is 2. The summed E-state index contributed by atoms with van der Waals surface area (Å²) in [5.74, 6) is 0.420. The molecular weight excluding hydrogens is 278 g/mol. The molecule has 1 aliphatic rings. The Labute approximate surface area is 127 Å². The van der Waals surface area contributed by atoms with Gasteiger partial charge in [0.1, 0.15) is 0 Å². The fourth-order valence-electron chi connectivity index (χ4n) is 2.91. The van der Waals surface area contributed by atoms with Crippen LogP contribution in [0.25, 0.3) is 5.65 Å². The maximum Gasteiger partial charge on any atom is 0.321 e. The molecule has 2 N–H and O–H groups in total. The first-order valence-electron chi connectivity index (χ1n) is 7.24. The Bertz CT molecular complexity index is 816. The Morgan fingerprint density at radius 3 is 2.55 bits per heavy atom. The summed E-state index contributed by atoms with van der Waals surface area (Å²) in [4.78, 5) is 12.2. The number of carbonyl (C=O) groups excluding carboxylic acids is 1. The quantitative estimate of drug-likeness (QED) is 0.759. The number of nitrogens with zero attached hydrogens (tertiary/aromatic N) is 3. The van der Waals surface area contributed by atoms with Crippen LogP contribution in [0.3, 0.4) is 0 Å². The molecule has 1 aromatic carbocycles. The highest BCUT2D eigenvalue weighted by molar-refractivity contribution is 5.88. The Morgan fingerprint density at radius 1 is 1.05 bits per heavy atom. The van der Waals surface area contributed by atoms with Crippen molar-refractivity contribution in [1.29, 1.82) is 0 Å². The van der Waals surface area contributed by atoms with E-state index < -0.39 is 0 Å². The first-order valence-corrected chi connectivity index (χ1v) is 7.24. The number of urea groups is 1. The molecule has 2 heterocycles. The van der Waals surface area contributed by atoms with E-state index in [0.717, 1.165) is 12.8 Å². The van der Waals surface area contributed by atoms with Crippen LogP contribution in [0.2, 0.25) is 0 Å². The Hall–Kier alpha value is -2.89. The number of amides is 2. The largest absolute Gasteiger partial charge is 0.334 e. The van der Waals surface area contributed by atoms with E-state index in [0.29, 0.717) is 11.6 Å². The number of nitrogens with one attached hydrogen (secondary N) is 2. The lowest BCUT2D eigenvalue weighted by Crippen LogP contribution is -2.38. The van der Waals surface area contributed by atoms with E-state index in [4.69, 9.17) is 0 Å². The number of pyridine rings is 1. The van der Waals surface area contributed by atoms with Gasteiger partial charge in [0, 0.05) is 12.2 Å². The van der Waals surface area contributed by atoms with Crippen molar-refractivity contribution in [3.63, 3.8) is 0 Å². The second kappa shape index (κ2) is 5.14. The molecule has 0 saturated heterocycles. The molecule has 0 saturated carbocycles. The van der Waals surface area contributed by atoms with E-state index in [-0.39, 0.29) is 12.1 Å². The van der Waals surface area contributed by atoms with E-state index in [9.17, 15) is 4.79 Å². The molecule has 6 nitrogen and oxygen atoms in total. The summed E-state index contributed by atoms with van der Waals surface area (Å²) in [6, 6.07) is 13.7. The zero-order valence-corrected chi connectivity index (χ0v) is 11.9. The maximum atomic E-state index is 12.2. The molecule has 0 unspecified atom stereocenters. The van der Waals surface area contributed by atoms with E-state index in [2.05, 4.69) is 33.0 Å². The van der Waals surface area contributed by atoms with Gasteiger partial charge in [-0.25, -0.2) is 4.79 Å². The highest BCUT2D eigenvalue weighted by Crippen LogP contribution is 2.21. The highest BCUT2D eigenvalue weighted by atomic mass is 16.2. The van der Waals surface area contributed by atoms with Crippen LogP contribution in [0.15, 0.2) is 48.7 Å². The van der Waals surface area contributed by atoms with Crippen molar-refractivity contribution in [3.8, 4) is 0 Å². The Kier molecular flexibility index (Phi) is 3.00. The van der Waals surface area contributed by atoms with Gasteiger partial charge < -0.3 is 5.32 Å². The Morgan fingerprint density at radius 2 is 1.77 bits per heavy atom. The topological polar surface area (TPSA) is 71.3 Å². The molecule has 110 valence electrons. The molecule has 0 bridgehead atoms. The molecule has 0 radical (unpaired) electrons. The van der Waals surface area contributed by atoms with Crippen LogP contribution in [0.4, 0.5) is 10.7 Å². The molecule has 3 aromatic rings. The van der Waals surface area contributed by atoms with Gasteiger partial charge in [-0.1, -0.05) is 30.3 Å². The molecule has 22 heavy (non-hydrogen) atoms. The summed E-state index contributed by atoms with van der Waals surface area (Å²) in [6.45, 7) is 0. The van der Waals surface area contributed by atoms with Gasteiger partial charge in [-0.2, -0.15) is 0 Å². The predicted molar refractivity (Wildman–Crippen MR) is 82.8 cm³/mol. The maximum absolute atomic E-state index is 12.2. The van der Waals surface area contributed by atoms with Gasteiger partial charge in [0.25, 0.3) is 0 Å². The van der Waals surface area contributed by atoms with Gasteiger partial charge in [0.15, 0.2) is 5.65 Å². The molecular formula is C16H15N5O. The van der Waals surface area contributed by atoms with Crippen LogP contribution < -0.4 is 10.6 Å². The van der Waals surface area contributed by atoms with Crippen molar-refractivity contribution >= 4 is 17.6 Å². The molecule has 1 aliphatic carbocycles. The molecule has 2 amide bonds. The summed E-state index contributed by atoms with van der Waals surface area (Å²) < 4.78 is 1.74. The molecule has 6 heteroatoms. The standard InChI is InChI=1S/C16H15N5O/c22-16(17-13-9-11-5-1-2-6-12(11)10-13)18-15-20-19-14-7-3-4-8-21(14)15/h1-8,13H,9-10H2,(H2,17,18,20,22). The number of anilines is 1. The highest BCUT2D eigenvalue weighted by Gasteiger charge is 2.22. The lowest BCUT2D eigenvalue weighted by atomic mass is 10.1. The van der Waals surface area contributed by atoms with Crippen LogP contribution in [0.5, 0.6) is 0 Å². The molecule has 0 aliphatic heterocycles. The van der Waals surface area contributed by atoms with Gasteiger partial charge in [-0.15, -0.1) is 10.2 Å². The van der Waals surface area contributed by atoms with Gasteiger partial charge >= 0.3 is 6.03 Å². The molecule has 0 spiro atoms. The fourth-order valence-corrected chi connectivity index (χ4v) is 2.91. The minimum atomic E-state index is -0.254. The number of fused-ring (bicyclic) bond motifs is 2. The van der Waals surface area contributed by atoms with Crippen LogP contribution in [-0.2, 0) is 12.8 Å². The second-order valence-corrected chi connectivity index (χ2v) is 5.42. The summed E-state index contributed by atoms with van der Waals surface area (Å²) in [6.07, 6.45) is 3.55. The van der Waals surface area contributed by atoms with Gasteiger partial charge in [-0.05, 0) is 36.1 Å². The zero-order valence-electron chi connectivity index (χ0n) is 11.9. The summed E-state index contributed by atoms with van der Waals surface area (Å²) >= 11 is 0. The van der Waals surface area contributed by atoms with Crippen molar-refractivity contribution in [3.05, 3.63) is 59.8 Å². The van der Waals surface area contributed by atoms with Gasteiger partial charge in [0.05, 0.1) is 0 Å². The average Bonchev–Trinajstić information content (AvgIpc) is 3.11. The fraction of sp³-hybridized carbons (Fsp3) is 0.188. The van der Waals surface area contributed by atoms with Crippen LogP contribution >= 0.6 is 0 Å². The molecule has 0 atom stereocenters. The van der Waals surface area contributed by atoms with Gasteiger partial charge in [0.2, 0.25) is 5.95 Å². The van der Waals surface area contributed by atoms with E-state index in [1.165, 1.54) is 11.1 Å². The summed E-state index contributed by atoms with van der Waals surface area (Å²) in [5.41, 5.74) is 3.31. The minimum absolute atomic E-state index is 0.122. The lowest BCUT2D eigenvalue weighted by Gasteiger charge is -2.12. The van der Waals surface area contributed by atoms with E-state index in [1.54, 1.807) is 4.40 Å². The number of hydrogen-bond acceptors (Lipinski definition) is 3. The van der Waals surface area contributed by atoms with Crippen molar-refractivity contribution in [2.24, 2.45) is 0 Å². The van der Waals surface area contributed by atoms with Crippen LogP contribution in [0, 0.1) is 0 Å². The first kappa shape index (κ1) is 12.8. The van der Waals surface area contributed by atoms with E-state index >= 15 is 0 Å². The SMILES string of the molecule is O=C(Nc1nnc2ccccn12)NC1Cc2ccccc2C1. The van der Waals surface area contributed by atoms with E-state index in [1.807, 2.05) is 36.5 Å². The smallest absolute Gasteiger partial charge is 0.321 e. The average molecular weight is 293 g/mol. The third kappa shape index (κ3) is 2.28. The monoisotopic (exact) mass is 293 g/mol. The number of aromatic nitrogens is 3. The van der Waals surface area contributed by atoms with Crippen molar-refractivity contribution < 1.29 is 4.79 Å². The molecule has 0 fully saturated rings. The number of rotatable bonds is 2. The van der Waals surface area contributed by atoms with Gasteiger partial charge in [-0.3, -0.25) is 9.72 Å². The first-order chi connectivity index (χ1) is 10.8. The lowest BCUT2D eigenvalue weighted by molar-refractivity contribution is 0.248. The molecule has 4 rings (SSSR count). The Balaban J connectivity index is 1.44. The van der Waals surface area contributed by atoms with Crippen molar-refractivity contribution in [2.45, 2.75) is 18.9 Å². The molecule has 2 aromatic heterocycles. The number of benzene rings is 1. The number of carbonyl (C=O) groups is 1. The van der Waals surface area contributed by atoms with Crippen LogP contribution in [0.1, 0.15) is 11.1 Å².